The minimum absolute atomic E-state index is 0.482. The highest BCUT2D eigenvalue weighted by molar-refractivity contribution is 14.1. The summed E-state index contributed by atoms with van der Waals surface area (Å²) in [5.41, 5.74) is 5.30. The van der Waals surface area contributed by atoms with Crippen LogP contribution < -0.4 is 18.9 Å². The van der Waals surface area contributed by atoms with Crippen LogP contribution in [0.25, 0.3) is 11.1 Å². The molecular weight excluding hydrogens is 595 g/mol. The largest absolute Gasteiger partial charge is 0.497 e. The smallest absolute Gasteiger partial charge is 0.169 e. The highest BCUT2D eigenvalue weighted by atomic mass is 127. The van der Waals surface area contributed by atoms with E-state index in [1.54, 1.807) is 45.6 Å². The van der Waals surface area contributed by atoms with Crippen molar-refractivity contribution in [3.8, 4) is 39.9 Å². The van der Waals surface area contributed by atoms with Gasteiger partial charge in [-0.1, -0.05) is 18.2 Å². The molecule has 0 saturated carbocycles. The zero-order valence-corrected chi connectivity index (χ0v) is 23.5. The number of halogens is 1. The Labute approximate surface area is 235 Å². The number of rotatable bonds is 11. The molecule has 0 bridgehead atoms. The van der Waals surface area contributed by atoms with Gasteiger partial charge in [0, 0.05) is 20.3 Å². The summed E-state index contributed by atoms with van der Waals surface area (Å²) in [7, 11) is 4.82. The molecule has 0 aromatic heterocycles. The molecule has 194 valence electrons. The average molecular weight is 622 g/mol. The number of ether oxygens (including phenoxy) is 4. The van der Waals surface area contributed by atoms with E-state index in [0.717, 1.165) is 57.0 Å². The van der Waals surface area contributed by atoms with E-state index in [-0.39, 0.29) is 0 Å². The van der Waals surface area contributed by atoms with E-state index in [9.17, 15) is 9.59 Å². The first-order chi connectivity index (χ1) is 18.5. The van der Waals surface area contributed by atoms with Gasteiger partial charge in [-0.05, 0) is 107 Å². The first kappa shape index (κ1) is 27.2. The van der Waals surface area contributed by atoms with Crippen molar-refractivity contribution in [2.45, 2.75) is 12.8 Å². The molecule has 0 aliphatic heterocycles. The van der Waals surface area contributed by atoms with Gasteiger partial charge in [0.1, 0.15) is 23.5 Å². The van der Waals surface area contributed by atoms with Crippen molar-refractivity contribution in [2.24, 2.45) is 0 Å². The van der Waals surface area contributed by atoms with Crippen LogP contribution in [0.4, 0.5) is 0 Å². The number of carbonyl (C=O) groups is 2. The van der Waals surface area contributed by atoms with E-state index < -0.39 is 0 Å². The molecule has 0 radical (unpaired) electrons. The zero-order chi connectivity index (χ0) is 27.1. The Hall–Kier alpha value is -3.85. The second-order valence-corrected chi connectivity index (χ2v) is 9.65. The summed E-state index contributed by atoms with van der Waals surface area (Å²) < 4.78 is 23.3. The van der Waals surface area contributed by atoms with Gasteiger partial charge in [-0.15, -0.1) is 0 Å². The minimum Gasteiger partial charge on any atom is -0.497 e. The molecule has 0 amide bonds. The van der Waals surface area contributed by atoms with E-state index in [2.05, 4.69) is 22.6 Å². The molecular formula is C31H27IO6. The number of methoxy groups -OCH3 is 3. The third-order valence-corrected chi connectivity index (χ3v) is 7.14. The van der Waals surface area contributed by atoms with E-state index >= 15 is 0 Å². The maximum absolute atomic E-state index is 11.4. The van der Waals surface area contributed by atoms with Gasteiger partial charge in [-0.25, -0.2) is 0 Å². The van der Waals surface area contributed by atoms with Crippen molar-refractivity contribution in [2.75, 3.05) is 21.3 Å². The average Bonchev–Trinajstić information content (AvgIpc) is 2.96. The molecule has 0 heterocycles. The lowest BCUT2D eigenvalue weighted by Crippen LogP contribution is -1.99. The maximum Gasteiger partial charge on any atom is 0.169 e. The van der Waals surface area contributed by atoms with E-state index in [0.29, 0.717) is 34.1 Å². The van der Waals surface area contributed by atoms with Gasteiger partial charge in [0.05, 0.1) is 21.3 Å². The Morgan fingerprint density at radius 3 is 2.05 bits per heavy atom. The second-order valence-electron chi connectivity index (χ2n) is 8.49. The summed E-state index contributed by atoms with van der Waals surface area (Å²) >= 11 is 2.17. The van der Waals surface area contributed by atoms with Gasteiger partial charge < -0.3 is 18.9 Å². The summed E-state index contributed by atoms with van der Waals surface area (Å²) in [6, 6.07) is 22.6. The molecule has 7 heteroatoms. The fourth-order valence-electron chi connectivity index (χ4n) is 4.18. The maximum atomic E-state index is 11.4. The van der Waals surface area contributed by atoms with Crippen LogP contribution >= 0.6 is 22.6 Å². The van der Waals surface area contributed by atoms with Crippen LogP contribution in [0.1, 0.15) is 31.8 Å². The molecule has 0 unspecified atom stereocenters. The monoisotopic (exact) mass is 622 g/mol. The zero-order valence-electron chi connectivity index (χ0n) is 21.3. The molecule has 0 aliphatic carbocycles. The Morgan fingerprint density at radius 2 is 1.39 bits per heavy atom. The quantitative estimate of drug-likeness (QED) is 0.130. The fourth-order valence-corrected chi connectivity index (χ4v) is 4.78. The lowest BCUT2D eigenvalue weighted by Gasteiger charge is -2.16. The number of aldehydes is 2. The Kier molecular flexibility index (Phi) is 9.02. The fraction of sp³-hybridized carbons (Fsp3) is 0.161. The van der Waals surface area contributed by atoms with Crippen molar-refractivity contribution in [3.05, 3.63) is 98.6 Å². The third-order valence-electron chi connectivity index (χ3n) is 6.21. The van der Waals surface area contributed by atoms with Crippen LogP contribution in [0.2, 0.25) is 0 Å². The molecule has 4 aromatic carbocycles. The summed E-state index contributed by atoms with van der Waals surface area (Å²) in [5.74, 6) is 3.10. The Balaban J connectivity index is 1.57. The Morgan fingerprint density at radius 1 is 0.658 bits per heavy atom. The number of carbonyl (C=O) groups excluding carboxylic acids is 2. The van der Waals surface area contributed by atoms with Crippen molar-refractivity contribution < 1.29 is 28.5 Å². The van der Waals surface area contributed by atoms with E-state index in [4.69, 9.17) is 18.9 Å². The van der Waals surface area contributed by atoms with Crippen LogP contribution in [0.5, 0.6) is 28.7 Å². The van der Waals surface area contributed by atoms with Crippen molar-refractivity contribution in [1.29, 1.82) is 0 Å². The predicted octanol–water partition coefficient (Wildman–Crippen LogP) is 7.19. The van der Waals surface area contributed by atoms with Crippen LogP contribution in [0.15, 0.2) is 72.8 Å². The normalized spacial score (nSPS) is 10.5. The molecule has 0 atom stereocenters. The molecule has 0 saturated heterocycles. The second kappa shape index (κ2) is 12.6. The van der Waals surface area contributed by atoms with Gasteiger partial charge in [-0.3, -0.25) is 9.59 Å². The molecule has 0 fully saturated rings. The summed E-state index contributed by atoms with van der Waals surface area (Å²) in [4.78, 5) is 22.6. The molecule has 6 nitrogen and oxygen atoms in total. The lowest BCUT2D eigenvalue weighted by atomic mass is 9.93. The SMILES string of the molecule is COc1ccc(-c2cc(I)c(C=O)cc2OC)c(CCc2ccc(Oc3cc(C=O)ccc3OC)cc2)c1. The topological polar surface area (TPSA) is 71.1 Å². The Bertz CT molecular complexity index is 1450. The van der Waals surface area contributed by atoms with Crippen molar-refractivity contribution >= 4 is 35.2 Å². The molecule has 4 rings (SSSR count). The van der Waals surface area contributed by atoms with Crippen LogP contribution in [-0.4, -0.2) is 33.9 Å². The molecule has 4 aromatic rings. The van der Waals surface area contributed by atoms with Crippen LogP contribution in [0.3, 0.4) is 0 Å². The van der Waals surface area contributed by atoms with Crippen LogP contribution in [0, 0.1) is 3.57 Å². The number of aryl methyl sites for hydroxylation is 2. The molecule has 0 N–H and O–H groups in total. The van der Waals surface area contributed by atoms with Gasteiger partial charge >= 0.3 is 0 Å². The number of benzene rings is 4. The predicted molar refractivity (Wildman–Crippen MR) is 155 cm³/mol. The van der Waals surface area contributed by atoms with Gasteiger partial charge in [-0.2, -0.15) is 0 Å². The molecule has 0 spiro atoms. The van der Waals surface area contributed by atoms with Crippen molar-refractivity contribution in [3.63, 3.8) is 0 Å². The number of hydrogen-bond acceptors (Lipinski definition) is 6. The molecule has 38 heavy (non-hydrogen) atoms. The summed E-state index contributed by atoms with van der Waals surface area (Å²) in [5, 5.41) is 0. The summed E-state index contributed by atoms with van der Waals surface area (Å²) in [6.07, 6.45) is 3.16. The first-order valence-corrected chi connectivity index (χ1v) is 13.0. The first-order valence-electron chi connectivity index (χ1n) is 11.9. The third kappa shape index (κ3) is 6.16. The van der Waals surface area contributed by atoms with Crippen LogP contribution in [-0.2, 0) is 12.8 Å². The van der Waals surface area contributed by atoms with Gasteiger partial charge in [0.15, 0.2) is 17.8 Å². The minimum atomic E-state index is 0.482. The van der Waals surface area contributed by atoms with Gasteiger partial charge in [0.25, 0.3) is 0 Å². The van der Waals surface area contributed by atoms with Gasteiger partial charge in [0.2, 0.25) is 0 Å². The highest BCUT2D eigenvalue weighted by Gasteiger charge is 2.15. The number of hydrogen-bond donors (Lipinski definition) is 0. The standard InChI is InChI=1S/C31H27IO6/c1-35-25-11-12-26(27-17-28(32)23(19-34)16-30(27)37-3)22(15-25)8-4-20-5-9-24(10-6-20)38-31-14-21(18-33)7-13-29(31)36-2/h5-7,9-19H,4,8H2,1-3H3. The highest BCUT2D eigenvalue weighted by Crippen LogP contribution is 2.37. The van der Waals surface area contributed by atoms with Crippen molar-refractivity contribution in [1.82, 2.24) is 0 Å². The summed E-state index contributed by atoms with van der Waals surface area (Å²) in [6.45, 7) is 0. The van der Waals surface area contributed by atoms with E-state index in [1.807, 2.05) is 48.5 Å². The lowest BCUT2D eigenvalue weighted by molar-refractivity contribution is 0.111. The van der Waals surface area contributed by atoms with E-state index in [1.165, 1.54) is 0 Å². The molecule has 0 aliphatic rings.